The SMILES string of the molecule is CCCN(CC1CC1)C(=O)Cn1cnc2ccc([N+](=O)[O-])cc2c1=O. The summed E-state index contributed by atoms with van der Waals surface area (Å²) in [5.41, 5.74) is -0.232. The molecule has 25 heavy (non-hydrogen) atoms. The van der Waals surface area contributed by atoms with Crippen molar-refractivity contribution in [3.8, 4) is 0 Å². The number of nitrogens with zero attached hydrogens (tertiary/aromatic N) is 4. The molecule has 1 amide bonds. The van der Waals surface area contributed by atoms with E-state index in [0.29, 0.717) is 18.0 Å². The predicted molar refractivity (Wildman–Crippen MR) is 92.3 cm³/mol. The summed E-state index contributed by atoms with van der Waals surface area (Å²) in [7, 11) is 0. The van der Waals surface area contributed by atoms with Crippen molar-refractivity contribution in [1.29, 1.82) is 0 Å². The summed E-state index contributed by atoms with van der Waals surface area (Å²) in [5.74, 6) is 0.451. The molecule has 8 nitrogen and oxygen atoms in total. The molecule has 0 N–H and O–H groups in total. The highest BCUT2D eigenvalue weighted by atomic mass is 16.6. The average Bonchev–Trinajstić information content (AvgIpc) is 3.40. The van der Waals surface area contributed by atoms with Crippen molar-refractivity contribution in [2.24, 2.45) is 5.92 Å². The van der Waals surface area contributed by atoms with Gasteiger partial charge in [-0.25, -0.2) is 4.98 Å². The Hall–Kier alpha value is -2.77. The van der Waals surface area contributed by atoms with Gasteiger partial charge in [0.05, 0.1) is 22.2 Å². The van der Waals surface area contributed by atoms with Gasteiger partial charge in [-0.15, -0.1) is 0 Å². The van der Waals surface area contributed by atoms with Gasteiger partial charge in [-0.2, -0.15) is 0 Å². The minimum absolute atomic E-state index is 0.100. The van der Waals surface area contributed by atoms with Gasteiger partial charge in [0.2, 0.25) is 5.91 Å². The monoisotopic (exact) mass is 344 g/mol. The number of non-ortho nitro benzene ring substituents is 1. The summed E-state index contributed by atoms with van der Waals surface area (Å²) < 4.78 is 1.23. The third-order valence-corrected chi connectivity index (χ3v) is 4.35. The molecule has 1 aliphatic carbocycles. The van der Waals surface area contributed by atoms with Crippen LogP contribution < -0.4 is 5.56 Å². The molecule has 0 saturated heterocycles. The van der Waals surface area contributed by atoms with Crippen LogP contribution in [0, 0.1) is 16.0 Å². The molecule has 0 unspecified atom stereocenters. The zero-order chi connectivity index (χ0) is 18.0. The summed E-state index contributed by atoms with van der Waals surface area (Å²) >= 11 is 0. The molecule has 0 spiro atoms. The van der Waals surface area contributed by atoms with Gasteiger partial charge in [0, 0.05) is 25.2 Å². The van der Waals surface area contributed by atoms with Gasteiger partial charge in [-0.3, -0.25) is 24.3 Å². The first-order valence-corrected chi connectivity index (χ1v) is 8.41. The maximum Gasteiger partial charge on any atom is 0.270 e. The first-order valence-electron chi connectivity index (χ1n) is 8.41. The highest BCUT2D eigenvalue weighted by molar-refractivity contribution is 5.81. The molecule has 1 aliphatic rings. The van der Waals surface area contributed by atoms with Crippen LogP contribution in [0.4, 0.5) is 5.69 Å². The van der Waals surface area contributed by atoms with E-state index in [1.165, 1.54) is 29.1 Å². The number of rotatable bonds is 7. The quantitative estimate of drug-likeness (QED) is 0.565. The minimum atomic E-state index is -0.556. The van der Waals surface area contributed by atoms with Gasteiger partial charge in [-0.1, -0.05) is 6.92 Å². The Kier molecular flexibility index (Phi) is 4.78. The van der Waals surface area contributed by atoms with Crippen LogP contribution in [0.1, 0.15) is 26.2 Å². The van der Waals surface area contributed by atoms with Crippen LogP contribution in [0.3, 0.4) is 0 Å². The summed E-state index contributed by atoms with van der Waals surface area (Å²) in [6.07, 6.45) is 4.48. The molecular formula is C17H20N4O4. The van der Waals surface area contributed by atoms with Crippen LogP contribution in [0.25, 0.3) is 10.9 Å². The maximum absolute atomic E-state index is 12.6. The van der Waals surface area contributed by atoms with Crippen LogP contribution in [0.15, 0.2) is 29.3 Å². The highest BCUT2D eigenvalue weighted by Gasteiger charge is 2.26. The minimum Gasteiger partial charge on any atom is -0.341 e. The normalized spacial score (nSPS) is 13.8. The first-order chi connectivity index (χ1) is 12.0. The third kappa shape index (κ3) is 3.84. The Bertz CT molecular complexity index is 873. The molecule has 8 heteroatoms. The lowest BCUT2D eigenvalue weighted by Crippen LogP contribution is -2.38. The van der Waals surface area contributed by atoms with Gasteiger partial charge in [0.25, 0.3) is 11.2 Å². The predicted octanol–water partition coefficient (Wildman–Crippen LogP) is 1.95. The zero-order valence-electron chi connectivity index (χ0n) is 14.1. The fourth-order valence-corrected chi connectivity index (χ4v) is 2.82. The van der Waals surface area contributed by atoms with Gasteiger partial charge >= 0.3 is 0 Å². The van der Waals surface area contributed by atoms with Crippen molar-refractivity contribution in [3.05, 3.63) is 45.0 Å². The summed E-state index contributed by atoms with van der Waals surface area (Å²) in [4.78, 5) is 41.4. The van der Waals surface area contributed by atoms with E-state index in [4.69, 9.17) is 0 Å². The lowest BCUT2D eigenvalue weighted by molar-refractivity contribution is -0.384. The number of benzene rings is 1. The van der Waals surface area contributed by atoms with Gasteiger partial charge in [-0.05, 0) is 31.2 Å². The molecule has 0 bridgehead atoms. The van der Waals surface area contributed by atoms with Crippen LogP contribution in [0.5, 0.6) is 0 Å². The summed E-state index contributed by atoms with van der Waals surface area (Å²) in [5, 5.41) is 11.1. The molecule has 1 saturated carbocycles. The zero-order valence-corrected chi connectivity index (χ0v) is 14.1. The van der Waals surface area contributed by atoms with E-state index < -0.39 is 10.5 Å². The van der Waals surface area contributed by atoms with E-state index in [2.05, 4.69) is 4.98 Å². The fraction of sp³-hybridized carbons (Fsp3) is 0.471. The number of amides is 1. The molecule has 2 aromatic rings. The van der Waals surface area contributed by atoms with Crippen molar-refractivity contribution in [2.45, 2.75) is 32.7 Å². The topological polar surface area (TPSA) is 98.3 Å². The molecule has 1 heterocycles. The van der Waals surface area contributed by atoms with Gasteiger partial charge < -0.3 is 4.90 Å². The van der Waals surface area contributed by atoms with Crippen molar-refractivity contribution in [3.63, 3.8) is 0 Å². The van der Waals surface area contributed by atoms with E-state index in [9.17, 15) is 19.7 Å². The second-order valence-electron chi connectivity index (χ2n) is 6.42. The van der Waals surface area contributed by atoms with Crippen LogP contribution >= 0.6 is 0 Å². The standard InChI is InChI=1S/C17H20N4O4/c1-2-7-19(9-12-3-4-12)16(22)10-20-11-18-15-6-5-13(21(24)25)8-14(15)17(20)23/h5-6,8,11-12H,2-4,7,9-10H2,1H3. The molecule has 1 aromatic carbocycles. The molecule has 132 valence electrons. The second-order valence-corrected chi connectivity index (χ2v) is 6.42. The number of aromatic nitrogens is 2. The molecular weight excluding hydrogens is 324 g/mol. The van der Waals surface area contributed by atoms with Crippen molar-refractivity contribution in [2.75, 3.05) is 13.1 Å². The van der Waals surface area contributed by atoms with Crippen LogP contribution in [-0.4, -0.2) is 38.4 Å². The molecule has 1 aromatic heterocycles. The van der Waals surface area contributed by atoms with E-state index >= 15 is 0 Å². The Labute approximate surface area is 144 Å². The van der Waals surface area contributed by atoms with E-state index in [-0.39, 0.29) is 23.5 Å². The number of hydrogen-bond donors (Lipinski definition) is 0. The summed E-state index contributed by atoms with van der Waals surface area (Å²) in [6, 6.07) is 3.96. The van der Waals surface area contributed by atoms with E-state index in [1.54, 1.807) is 4.90 Å². The number of carbonyl (C=O) groups excluding carboxylic acids is 1. The Morgan fingerprint density at radius 3 is 2.84 bits per heavy atom. The molecule has 0 atom stereocenters. The van der Waals surface area contributed by atoms with Crippen molar-refractivity contribution in [1.82, 2.24) is 14.5 Å². The molecule has 1 fully saturated rings. The number of carbonyl (C=O) groups is 1. The number of nitro groups is 1. The van der Waals surface area contributed by atoms with E-state index in [1.807, 2.05) is 6.92 Å². The summed E-state index contributed by atoms with van der Waals surface area (Å²) in [6.45, 7) is 3.30. The molecule has 0 radical (unpaired) electrons. The lowest BCUT2D eigenvalue weighted by Gasteiger charge is -2.22. The van der Waals surface area contributed by atoms with Crippen molar-refractivity contribution >= 4 is 22.5 Å². The largest absolute Gasteiger partial charge is 0.341 e. The number of fused-ring (bicyclic) bond motifs is 1. The Morgan fingerprint density at radius 1 is 1.44 bits per heavy atom. The average molecular weight is 344 g/mol. The smallest absolute Gasteiger partial charge is 0.270 e. The van der Waals surface area contributed by atoms with Gasteiger partial charge in [0.1, 0.15) is 6.54 Å². The lowest BCUT2D eigenvalue weighted by atomic mass is 10.2. The van der Waals surface area contributed by atoms with Crippen LogP contribution in [0.2, 0.25) is 0 Å². The second kappa shape index (κ2) is 7.00. The first kappa shape index (κ1) is 17.1. The van der Waals surface area contributed by atoms with Crippen molar-refractivity contribution < 1.29 is 9.72 Å². The Morgan fingerprint density at radius 2 is 2.20 bits per heavy atom. The van der Waals surface area contributed by atoms with Crippen LogP contribution in [-0.2, 0) is 11.3 Å². The number of nitro benzene ring substituents is 1. The fourth-order valence-electron chi connectivity index (χ4n) is 2.82. The molecule has 0 aliphatic heterocycles. The maximum atomic E-state index is 12.6. The van der Waals surface area contributed by atoms with E-state index in [0.717, 1.165) is 25.8 Å². The third-order valence-electron chi connectivity index (χ3n) is 4.35. The highest BCUT2D eigenvalue weighted by Crippen LogP contribution is 2.29. The number of hydrogen-bond acceptors (Lipinski definition) is 5. The molecule has 3 rings (SSSR count). The Balaban J connectivity index is 1.87. The van der Waals surface area contributed by atoms with Gasteiger partial charge in [0.15, 0.2) is 0 Å².